The summed E-state index contributed by atoms with van der Waals surface area (Å²) in [5, 5.41) is 0. The van der Waals surface area contributed by atoms with Gasteiger partial charge < -0.3 is 18.8 Å². The topological polar surface area (TPSA) is 36.9 Å². The Morgan fingerprint density at radius 2 is 0.844 bits per heavy atom. The Morgan fingerprint density at radius 3 is 1.16 bits per heavy atom. The molecule has 0 N–H and O–H groups in total. The average molecular weight is 636 g/mol. The van der Waals surface area contributed by atoms with Crippen LogP contribution in [0.25, 0.3) is 22.3 Å². The van der Waals surface area contributed by atoms with Crippen LogP contribution in [0.3, 0.4) is 0 Å². The SMILES string of the molecule is CC(C)(C)c1cc(OC(F)(F)F)cc(-c2cc(B3OC(C)(C)C(C)(C)O3)cc(-c3cc(OC(F)(F)F)cc(C(C)(C)C)c3)c2)c1. The van der Waals surface area contributed by atoms with E-state index in [-0.39, 0.29) is 11.5 Å². The standard InChI is InChI=1S/C34H39BF6O4/c1-29(2,3)24-12-22(16-27(18-24)42-33(36,37)38)20-11-21(15-26(14-20)35-44-31(7,8)32(9,10)45-35)23-13-25(30(4,5)6)19-28(17-23)43-34(39,40)41/h11-19H,1-10H3. The highest BCUT2D eigenvalue weighted by Crippen LogP contribution is 2.40. The van der Waals surface area contributed by atoms with Gasteiger partial charge in [0.1, 0.15) is 11.5 Å². The third-order valence-corrected chi connectivity index (χ3v) is 8.16. The van der Waals surface area contributed by atoms with Crippen molar-refractivity contribution in [3.63, 3.8) is 0 Å². The second-order valence-corrected chi connectivity index (χ2v) is 14.5. The fraction of sp³-hybridized carbons (Fsp3) is 0.471. The van der Waals surface area contributed by atoms with Crippen LogP contribution in [0.4, 0.5) is 26.3 Å². The molecule has 0 spiro atoms. The van der Waals surface area contributed by atoms with Gasteiger partial charge in [0.05, 0.1) is 11.2 Å². The number of hydrogen-bond donors (Lipinski definition) is 0. The van der Waals surface area contributed by atoms with E-state index in [1.165, 1.54) is 24.3 Å². The van der Waals surface area contributed by atoms with Crippen molar-refractivity contribution in [1.29, 1.82) is 0 Å². The van der Waals surface area contributed by atoms with E-state index in [1.54, 1.807) is 30.3 Å². The summed E-state index contributed by atoms with van der Waals surface area (Å²) < 4.78 is 101. The fourth-order valence-corrected chi connectivity index (χ4v) is 4.88. The minimum absolute atomic E-state index is 0.386. The molecule has 0 atom stereocenters. The molecule has 4 nitrogen and oxygen atoms in total. The molecule has 3 aromatic rings. The van der Waals surface area contributed by atoms with Gasteiger partial charge in [0, 0.05) is 0 Å². The van der Waals surface area contributed by atoms with Gasteiger partial charge in [-0.2, -0.15) is 0 Å². The summed E-state index contributed by atoms with van der Waals surface area (Å²) in [6.07, 6.45) is -9.82. The number of halogens is 6. The van der Waals surface area contributed by atoms with Crippen molar-refractivity contribution in [3.05, 3.63) is 65.7 Å². The molecule has 11 heteroatoms. The lowest BCUT2D eigenvalue weighted by atomic mass is 9.75. The van der Waals surface area contributed by atoms with Crippen LogP contribution in [-0.2, 0) is 20.1 Å². The molecule has 3 aromatic carbocycles. The van der Waals surface area contributed by atoms with Crippen molar-refractivity contribution in [3.8, 4) is 33.8 Å². The lowest BCUT2D eigenvalue weighted by Gasteiger charge is -2.32. The van der Waals surface area contributed by atoms with Gasteiger partial charge in [0.15, 0.2) is 0 Å². The Bertz CT molecular complexity index is 1450. The minimum atomic E-state index is -4.91. The van der Waals surface area contributed by atoms with Crippen LogP contribution in [0.15, 0.2) is 54.6 Å². The van der Waals surface area contributed by atoms with E-state index in [0.29, 0.717) is 38.8 Å². The van der Waals surface area contributed by atoms with E-state index >= 15 is 0 Å². The molecule has 45 heavy (non-hydrogen) atoms. The molecule has 4 rings (SSSR count). The Kier molecular flexibility index (Phi) is 8.68. The van der Waals surface area contributed by atoms with Crippen LogP contribution in [0.1, 0.15) is 80.4 Å². The van der Waals surface area contributed by atoms with Gasteiger partial charge >= 0.3 is 19.8 Å². The number of alkyl halides is 6. The van der Waals surface area contributed by atoms with E-state index < -0.39 is 41.9 Å². The van der Waals surface area contributed by atoms with Crippen LogP contribution in [-0.4, -0.2) is 31.0 Å². The predicted molar refractivity (Wildman–Crippen MR) is 164 cm³/mol. The van der Waals surface area contributed by atoms with E-state index in [1.807, 2.05) is 69.2 Å². The van der Waals surface area contributed by atoms with Crippen molar-refractivity contribution in [1.82, 2.24) is 0 Å². The second-order valence-electron chi connectivity index (χ2n) is 14.5. The first kappa shape index (κ1) is 34.7. The Hall–Kier alpha value is -3.18. The zero-order chi connectivity index (χ0) is 34.0. The van der Waals surface area contributed by atoms with Gasteiger partial charge in [0.25, 0.3) is 0 Å². The molecule has 1 saturated heterocycles. The second kappa shape index (κ2) is 11.3. The Labute approximate surface area is 261 Å². The molecule has 0 saturated carbocycles. The smallest absolute Gasteiger partial charge is 0.406 e. The van der Waals surface area contributed by atoms with E-state index in [0.717, 1.165) is 0 Å². The third-order valence-electron chi connectivity index (χ3n) is 8.16. The molecule has 1 aliphatic rings. The maximum absolute atomic E-state index is 13.3. The fourth-order valence-electron chi connectivity index (χ4n) is 4.88. The summed E-state index contributed by atoms with van der Waals surface area (Å²) in [6, 6.07) is 14.1. The first-order valence-corrected chi connectivity index (χ1v) is 14.6. The van der Waals surface area contributed by atoms with Crippen LogP contribution in [0, 0.1) is 0 Å². The molecule has 244 valence electrons. The van der Waals surface area contributed by atoms with Gasteiger partial charge in [0.2, 0.25) is 0 Å². The highest BCUT2D eigenvalue weighted by atomic mass is 19.4. The molecule has 0 aliphatic carbocycles. The van der Waals surface area contributed by atoms with Crippen molar-refractivity contribution >= 4 is 12.6 Å². The van der Waals surface area contributed by atoms with Crippen molar-refractivity contribution in [2.45, 2.75) is 104 Å². The minimum Gasteiger partial charge on any atom is -0.406 e. The molecule has 1 aliphatic heterocycles. The molecular formula is C34H39BF6O4. The highest BCUT2D eigenvalue weighted by molar-refractivity contribution is 6.62. The summed E-state index contributed by atoms with van der Waals surface area (Å²) in [4.78, 5) is 0. The summed E-state index contributed by atoms with van der Waals surface area (Å²) in [7, 11) is -0.859. The van der Waals surface area contributed by atoms with Gasteiger partial charge in [-0.3, -0.25) is 0 Å². The van der Waals surface area contributed by atoms with Gasteiger partial charge in [-0.1, -0.05) is 65.8 Å². The molecule has 0 amide bonds. The molecule has 1 fully saturated rings. The number of benzene rings is 3. The third kappa shape index (κ3) is 8.35. The van der Waals surface area contributed by atoms with Gasteiger partial charge in [-0.15, -0.1) is 26.3 Å². The van der Waals surface area contributed by atoms with Crippen molar-refractivity contribution in [2.24, 2.45) is 0 Å². The zero-order valence-electron chi connectivity index (χ0n) is 27.2. The van der Waals surface area contributed by atoms with E-state index in [2.05, 4.69) is 9.47 Å². The lowest BCUT2D eigenvalue weighted by Crippen LogP contribution is -2.41. The maximum atomic E-state index is 13.3. The summed E-state index contributed by atoms with van der Waals surface area (Å²) >= 11 is 0. The number of hydrogen-bond acceptors (Lipinski definition) is 4. The van der Waals surface area contributed by atoms with Gasteiger partial charge in [-0.05, 0) is 108 Å². The summed E-state index contributed by atoms with van der Waals surface area (Å²) in [6.45, 7) is 18.8. The molecular weight excluding hydrogens is 597 g/mol. The van der Waals surface area contributed by atoms with Crippen LogP contribution >= 0.6 is 0 Å². The molecule has 1 heterocycles. The molecule has 0 bridgehead atoms. The van der Waals surface area contributed by atoms with Crippen molar-refractivity contribution in [2.75, 3.05) is 0 Å². The molecule has 0 radical (unpaired) electrons. The monoisotopic (exact) mass is 636 g/mol. The summed E-state index contributed by atoms with van der Waals surface area (Å²) in [5.41, 5.74) is 1.09. The molecule has 0 unspecified atom stereocenters. The van der Waals surface area contributed by atoms with E-state index in [4.69, 9.17) is 9.31 Å². The number of ether oxygens (including phenoxy) is 2. The van der Waals surface area contributed by atoms with E-state index in [9.17, 15) is 26.3 Å². The largest absolute Gasteiger partial charge is 0.573 e. The predicted octanol–water partition coefficient (Wildman–Crippen LogP) is 9.71. The van der Waals surface area contributed by atoms with Crippen LogP contribution in [0.5, 0.6) is 11.5 Å². The number of rotatable bonds is 5. The normalized spacial score (nSPS) is 17.0. The van der Waals surface area contributed by atoms with Crippen LogP contribution in [0.2, 0.25) is 0 Å². The zero-order valence-corrected chi connectivity index (χ0v) is 27.2. The summed E-state index contributed by atoms with van der Waals surface area (Å²) in [5.74, 6) is -0.772. The average Bonchev–Trinajstić information content (AvgIpc) is 3.07. The maximum Gasteiger partial charge on any atom is 0.573 e. The lowest BCUT2D eigenvalue weighted by molar-refractivity contribution is -0.275. The quantitative estimate of drug-likeness (QED) is 0.207. The first-order chi connectivity index (χ1) is 20.2. The Balaban J connectivity index is 1.99. The van der Waals surface area contributed by atoms with Crippen LogP contribution < -0.4 is 14.9 Å². The van der Waals surface area contributed by atoms with Gasteiger partial charge in [-0.25, -0.2) is 0 Å². The molecule has 0 aromatic heterocycles. The first-order valence-electron chi connectivity index (χ1n) is 14.6. The Morgan fingerprint density at radius 1 is 0.511 bits per heavy atom. The highest BCUT2D eigenvalue weighted by Gasteiger charge is 2.52. The van der Waals surface area contributed by atoms with Crippen molar-refractivity contribution < 1.29 is 45.1 Å².